The first-order chi connectivity index (χ1) is 6.97. The molecule has 15 heavy (non-hydrogen) atoms. The summed E-state index contributed by atoms with van der Waals surface area (Å²) in [5.41, 5.74) is 6.34. The highest BCUT2D eigenvalue weighted by atomic mass is 16.2. The van der Waals surface area contributed by atoms with Crippen LogP contribution in [0.2, 0.25) is 0 Å². The fourth-order valence-corrected chi connectivity index (χ4v) is 2.23. The van der Waals surface area contributed by atoms with Crippen LogP contribution >= 0.6 is 0 Å². The van der Waals surface area contributed by atoms with Crippen molar-refractivity contribution in [3.8, 4) is 0 Å². The van der Waals surface area contributed by atoms with Gasteiger partial charge in [-0.2, -0.15) is 0 Å². The van der Waals surface area contributed by atoms with E-state index >= 15 is 0 Å². The quantitative estimate of drug-likeness (QED) is 0.598. The van der Waals surface area contributed by atoms with Crippen LogP contribution in [-0.4, -0.2) is 29.8 Å². The fourth-order valence-electron chi connectivity index (χ4n) is 2.23. The smallest absolute Gasteiger partial charge is 0.0431 e. The summed E-state index contributed by atoms with van der Waals surface area (Å²) in [6, 6.07) is 0.433. The number of aliphatic hydroxyl groups excluding tert-OH is 1. The number of nitrogens with two attached hydrogens (primary N) is 1. The molecular weight excluding hydrogens is 188 g/mol. The summed E-state index contributed by atoms with van der Waals surface area (Å²) in [6.07, 6.45) is 4.44. The molecule has 1 fully saturated rings. The third kappa shape index (κ3) is 2.92. The molecule has 3 heteroatoms. The lowest BCUT2D eigenvalue weighted by Gasteiger charge is -2.39. The second-order valence-electron chi connectivity index (χ2n) is 5.51. The van der Waals surface area contributed by atoms with Crippen LogP contribution in [0.15, 0.2) is 0 Å². The molecule has 1 rings (SSSR count). The summed E-state index contributed by atoms with van der Waals surface area (Å²) in [4.78, 5) is 0. The van der Waals surface area contributed by atoms with E-state index in [-0.39, 0.29) is 12.1 Å². The lowest BCUT2D eigenvalue weighted by atomic mass is 9.83. The summed E-state index contributed by atoms with van der Waals surface area (Å²) in [5.74, 6) is 0. The molecule has 0 amide bonds. The Balaban J connectivity index is 2.45. The van der Waals surface area contributed by atoms with Gasteiger partial charge in [0, 0.05) is 24.7 Å². The van der Waals surface area contributed by atoms with E-state index in [2.05, 4.69) is 26.1 Å². The van der Waals surface area contributed by atoms with E-state index in [0.717, 1.165) is 12.8 Å². The van der Waals surface area contributed by atoms with E-state index in [1.54, 1.807) is 0 Å². The number of nitrogens with one attached hydrogen (secondary N) is 1. The van der Waals surface area contributed by atoms with Crippen molar-refractivity contribution in [3.63, 3.8) is 0 Å². The van der Waals surface area contributed by atoms with Crippen LogP contribution < -0.4 is 11.1 Å². The molecule has 0 bridgehead atoms. The average molecular weight is 214 g/mol. The van der Waals surface area contributed by atoms with Gasteiger partial charge < -0.3 is 16.2 Å². The molecule has 0 saturated heterocycles. The first-order valence-corrected chi connectivity index (χ1v) is 6.06. The third-order valence-corrected chi connectivity index (χ3v) is 4.10. The van der Waals surface area contributed by atoms with Gasteiger partial charge in [-0.15, -0.1) is 0 Å². The Morgan fingerprint density at radius 3 is 2.53 bits per heavy atom. The minimum absolute atomic E-state index is 0.0574. The number of hydrogen-bond acceptors (Lipinski definition) is 3. The average Bonchev–Trinajstić information content (AvgIpc) is 2.95. The Morgan fingerprint density at radius 2 is 2.13 bits per heavy atom. The van der Waals surface area contributed by atoms with Gasteiger partial charge >= 0.3 is 0 Å². The monoisotopic (exact) mass is 214 g/mol. The largest absolute Gasteiger partial charge is 0.396 e. The highest BCUT2D eigenvalue weighted by Gasteiger charge is 2.52. The number of rotatable bonds is 7. The summed E-state index contributed by atoms with van der Waals surface area (Å²) < 4.78 is 0. The van der Waals surface area contributed by atoms with Crippen molar-refractivity contribution in [1.82, 2.24) is 5.32 Å². The Hall–Kier alpha value is -0.120. The van der Waals surface area contributed by atoms with E-state index in [1.807, 2.05) is 0 Å². The molecule has 1 aliphatic carbocycles. The molecule has 1 aliphatic rings. The Bertz CT molecular complexity index is 204. The van der Waals surface area contributed by atoms with Crippen molar-refractivity contribution in [2.75, 3.05) is 13.2 Å². The van der Waals surface area contributed by atoms with Crippen LogP contribution in [0.3, 0.4) is 0 Å². The van der Waals surface area contributed by atoms with Gasteiger partial charge in [0.15, 0.2) is 0 Å². The minimum atomic E-state index is 0.0574. The van der Waals surface area contributed by atoms with Crippen LogP contribution in [0.1, 0.15) is 46.5 Å². The zero-order chi connectivity index (χ0) is 11.5. The normalized spacial score (nSPS) is 24.6. The molecule has 90 valence electrons. The van der Waals surface area contributed by atoms with Gasteiger partial charge in [-0.05, 0) is 44.9 Å². The highest BCUT2D eigenvalue weighted by molar-refractivity contribution is 5.09. The molecule has 0 aromatic rings. The van der Waals surface area contributed by atoms with Gasteiger partial charge in [0.1, 0.15) is 0 Å². The number of hydrogen-bond donors (Lipinski definition) is 3. The SMILES string of the molecule is CC(CCCO)NC(C)(CN)C1(C)CC1. The van der Waals surface area contributed by atoms with Crippen molar-refractivity contribution in [2.24, 2.45) is 11.1 Å². The summed E-state index contributed by atoms with van der Waals surface area (Å²) in [6.45, 7) is 7.69. The molecule has 0 aromatic carbocycles. The lowest BCUT2D eigenvalue weighted by Crippen LogP contribution is -2.57. The molecular formula is C12H26N2O. The van der Waals surface area contributed by atoms with Crippen LogP contribution in [-0.2, 0) is 0 Å². The van der Waals surface area contributed by atoms with Crippen LogP contribution in [0.25, 0.3) is 0 Å². The highest BCUT2D eigenvalue weighted by Crippen LogP contribution is 2.53. The third-order valence-electron chi connectivity index (χ3n) is 4.10. The van der Waals surface area contributed by atoms with Crippen LogP contribution in [0.5, 0.6) is 0 Å². The Kier molecular flexibility index (Phi) is 4.15. The van der Waals surface area contributed by atoms with Gasteiger partial charge in [0.25, 0.3) is 0 Å². The Labute approximate surface area is 93.4 Å². The van der Waals surface area contributed by atoms with E-state index in [1.165, 1.54) is 12.8 Å². The van der Waals surface area contributed by atoms with E-state index in [0.29, 0.717) is 18.0 Å². The number of aliphatic hydroxyl groups is 1. The van der Waals surface area contributed by atoms with Gasteiger partial charge in [-0.3, -0.25) is 0 Å². The molecule has 0 aromatic heterocycles. The van der Waals surface area contributed by atoms with Gasteiger partial charge in [0.05, 0.1) is 0 Å². The first kappa shape index (κ1) is 12.9. The topological polar surface area (TPSA) is 58.3 Å². The molecule has 2 unspecified atom stereocenters. The second-order valence-corrected chi connectivity index (χ2v) is 5.51. The second kappa shape index (κ2) is 4.81. The first-order valence-electron chi connectivity index (χ1n) is 6.06. The molecule has 0 spiro atoms. The predicted octanol–water partition coefficient (Wildman–Crippen LogP) is 1.25. The van der Waals surface area contributed by atoms with Gasteiger partial charge in [-0.25, -0.2) is 0 Å². The van der Waals surface area contributed by atoms with Crippen molar-refractivity contribution < 1.29 is 5.11 Å². The fraction of sp³-hybridized carbons (Fsp3) is 1.00. The maximum absolute atomic E-state index is 8.79. The molecule has 0 radical (unpaired) electrons. The summed E-state index contributed by atoms with van der Waals surface area (Å²) in [7, 11) is 0. The van der Waals surface area contributed by atoms with Crippen molar-refractivity contribution in [1.29, 1.82) is 0 Å². The molecule has 1 saturated carbocycles. The Morgan fingerprint density at radius 1 is 1.53 bits per heavy atom. The van der Waals surface area contributed by atoms with Crippen LogP contribution in [0, 0.1) is 5.41 Å². The van der Waals surface area contributed by atoms with Crippen molar-refractivity contribution in [2.45, 2.75) is 58.0 Å². The molecule has 4 N–H and O–H groups in total. The zero-order valence-electron chi connectivity index (χ0n) is 10.3. The maximum Gasteiger partial charge on any atom is 0.0431 e. The maximum atomic E-state index is 8.79. The van der Waals surface area contributed by atoms with Gasteiger partial charge in [-0.1, -0.05) is 6.92 Å². The van der Waals surface area contributed by atoms with E-state index < -0.39 is 0 Å². The van der Waals surface area contributed by atoms with E-state index in [4.69, 9.17) is 10.8 Å². The standard InChI is InChI=1S/C12H26N2O/c1-10(5-4-8-15)14-12(3,9-13)11(2)6-7-11/h10,14-15H,4-9,13H2,1-3H3. The molecule has 0 heterocycles. The zero-order valence-corrected chi connectivity index (χ0v) is 10.3. The molecule has 0 aliphatic heterocycles. The van der Waals surface area contributed by atoms with E-state index in [9.17, 15) is 0 Å². The minimum Gasteiger partial charge on any atom is -0.396 e. The van der Waals surface area contributed by atoms with Gasteiger partial charge in [0.2, 0.25) is 0 Å². The van der Waals surface area contributed by atoms with Crippen molar-refractivity contribution >= 4 is 0 Å². The molecule has 2 atom stereocenters. The summed E-state index contributed by atoms with van der Waals surface area (Å²) >= 11 is 0. The molecule has 3 nitrogen and oxygen atoms in total. The predicted molar refractivity (Wildman–Crippen MR) is 63.7 cm³/mol. The van der Waals surface area contributed by atoms with Crippen LogP contribution in [0.4, 0.5) is 0 Å². The summed E-state index contributed by atoms with van der Waals surface area (Å²) in [5, 5.41) is 12.4. The van der Waals surface area contributed by atoms with Crippen molar-refractivity contribution in [3.05, 3.63) is 0 Å². The lowest BCUT2D eigenvalue weighted by molar-refractivity contribution is 0.199.